The molecule has 0 amide bonds. The number of hydrogen-bond acceptors (Lipinski definition) is 2. The zero-order chi connectivity index (χ0) is 8.39. The summed E-state index contributed by atoms with van der Waals surface area (Å²) in [6.07, 6.45) is 0. The van der Waals surface area contributed by atoms with Gasteiger partial charge in [-0.1, -0.05) is 18.2 Å². The maximum atomic E-state index is 5.34. The molecule has 2 nitrogen and oxygen atoms in total. The smallest absolute Gasteiger partial charge is 0.216 e. The Bertz CT molecular complexity index is 292. The first kappa shape index (κ1) is 7.35. The summed E-state index contributed by atoms with van der Waals surface area (Å²) in [5, 5.41) is 0. The van der Waals surface area contributed by atoms with Gasteiger partial charge in [0.2, 0.25) is 5.90 Å². The van der Waals surface area contributed by atoms with Crippen molar-refractivity contribution >= 4 is 5.90 Å². The third-order valence-corrected chi connectivity index (χ3v) is 1.73. The van der Waals surface area contributed by atoms with Crippen LogP contribution in [0.25, 0.3) is 0 Å². The summed E-state index contributed by atoms with van der Waals surface area (Å²) >= 11 is 0. The predicted octanol–water partition coefficient (Wildman–Crippen LogP) is 1.67. The molecular weight excluding hydrogens is 150 g/mol. The molecule has 1 radical (unpaired) electrons. The summed E-state index contributed by atoms with van der Waals surface area (Å²) < 4.78 is 5.34. The number of rotatable bonds is 1. The molecule has 0 N–H and O–H groups in total. The van der Waals surface area contributed by atoms with Crippen LogP contribution in [0.3, 0.4) is 0 Å². The topological polar surface area (TPSA) is 21.6 Å². The highest BCUT2D eigenvalue weighted by molar-refractivity contribution is 5.95. The number of hydrogen-bond donors (Lipinski definition) is 0. The number of nitrogens with zero attached hydrogens (tertiary/aromatic N) is 1. The van der Waals surface area contributed by atoms with Crippen molar-refractivity contribution in [2.24, 2.45) is 4.99 Å². The van der Waals surface area contributed by atoms with Gasteiger partial charge in [0.15, 0.2) is 0 Å². The number of ether oxygens (including phenoxy) is 1. The molecule has 0 fully saturated rings. The van der Waals surface area contributed by atoms with Gasteiger partial charge in [0.1, 0.15) is 6.61 Å². The second-order valence-electron chi connectivity index (χ2n) is 2.77. The molecule has 1 aliphatic rings. The van der Waals surface area contributed by atoms with Crippen LogP contribution in [-0.4, -0.2) is 18.5 Å². The van der Waals surface area contributed by atoms with E-state index in [1.807, 2.05) is 30.3 Å². The first-order chi connectivity index (χ1) is 5.86. The first-order valence-electron chi connectivity index (χ1n) is 3.95. The molecule has 1 atom stereocenters. The molecule has 61 valence electrons. The van der Waals surface area contributed by atoms with Crippen LogP contribution in [0.15, 0.2) is 35.3 Å². The largest absolute Gasteiger partial charge is 0.475 e. The Balaban J connectivity index is 2.27. The maximum absolute atomic E-state index is 5.34. The van der Waals surface area contributed by atoms with Crippen LogP contribution in [-0.2, 0) is 4.74 Å². The average Bonchev–Trinajstić information content (AvgIpc) is 2.54. The van der Waals surface area contributed by atoms with Crippen molar-refractivity contribution in [2.45, 2.75) is 6.04 Å². The van der Waals surface area contributed by atoms with Gasteiger partial charge >= 0.3 is 0 Å². The molecule has 0 saturated carbocycles. The van der Waals surface area contributed by atoms with Crippen molar-refractivity contribution < 1.29 is 4.74 Å². The molecule has 0 bridgehead atoms. The van der Waals surface area contributed by atoms with Crippen LogP contribution in [0, 0.1) is 6.92 Å². The zero-order valence-corrected chi connectivity index (χ0v) is 6.73. The summed E-state index contributed by atoms with van der Waals surface area (Å²) in [6, 6.07) is 9.93. The molecule has 2 rings (SSSR count). The molecule has 0 spiro atoms. The fraction of sp³-hybridized carbons (Fsp3) is 0.200. The van der Waals surface area contributed by atoms with Crippen molar-refractivity contribution in [3.8, 4) is 0 Å². The number of aliphatic imine (C=N–C) groups is 1. The average molecular weight is 160 g/mol. The lowest BCUT2D eigenvalue weighted by Gasteiger charge is -1.98. The number of benzene rings is 1. The van der Waals surface area contributed by atoms with Gasteiger partial charge in [-0.25, -0.2) is 4.99 Å². The molecule has 1 heterocycles. The molecular formula is C10H10NO. The zero-order valence-electron chi connectivity index (χ0n) is 6.73. The second-order valence-corrected chi connectivity index (χ2v) is 2.77. The van der Waals surface area contributed by atoms with Gasteiger partial charge < -0.3 is 4.74 Å². The fourth-order valence-corrected chi connectivity index (χ4v) is 1.15. The van der Waals surface area contributed by atoms with E-state index in [0.717, 1.165) is 11.5 Å². The van der Waals surface area contributed by atoms with Gasteiger partial charge in [0, 0.05) is 5.56 Å². The monoisotopic (exact) mass is 160 g/mol. The van der Waals surface area contributed by atoms with E-state index >= 15 is 0 Å². The van der Waals surface area contributed by atoms with E-state index in [4.69, 9.17) is 4.74 Å². The van der Waals surface area contributed by atoms with E-state index in [0.29, 0.717) is 6.61 Å². The lowest BCUT2D eigenvalue weighted by Crippen LogP contribution is -2.01. The van der Waals surface area contributed by atoms with Crippen molar-refractivity contribution in [1.82, 2.24) is 0 Å². The normalized spacial score (nSPS) is 21.8. The third kappa shape index (κ3) is 1.33. The molecule has 0 aromatic heterocycles. The van der Waals surface area contributed by atoms with Crippen molar-refractivity contribution in [1.29, 1.82) is 0 Å². The fourth-order valence-electron chi connectivity index (χ4n) is 1.15. The summed E-state index contributed by atoms with van der Waals surface area (Å²) in [5.41, 5.74) is 1.03. The molecule has 12 heavy (non-hydrogen) atoms. The van der Waals surface area contributed by atoms with Gasteiger partial charge in [0.05, 0.1) is 6.04 Å². The molecule has 0 unspecified atom stereocenters. The molecule has 1 aliphatic heterocycles. The van der Waals surface area contributed by atoms with Crippen LogP contribution < -0.4 is 0 Å². The summed E-state index contributed by atoms with van der Waals surface area (Å²) in [7, 11) is 0. The highest BCUT2D eigenvalue weighted by Crippen LogP contribution is 2.10. The standard InChI is InChI=1S/C10H10NO/c1-8-7-12-10(11-8)9-5-3-2-4-6-9/h2-6,8H,1,7H2/t8-/m0/s1. The molecule has 0 aliphatic carbocycles. The van der Waals surface area contributed by atoms with Gasteiger partial charge in [-0.05, 0) is 19.1 Å². The van der Waals surface area contributed by atoms with E-state index < -0.39 is 0 Å². The van der Waals surface area contributed by atoms with Crippen LogP contribution in [0.4, 0.5) is 0 Å². The van der Waals surface area contributed by atoms with E-state index in [1.165, 1.54) is 0 Å². The minimum absolute atomic E-state index is 0.0557. The summed E-state index contributed by atoms with van der Waals surface area (Å²) in [6.45, 7) is 4.40. The van der Waals surface area contributed by atoms with Crippen LogP contribution in [0.1, 0.15) is 5.56 Å². The van der Waals surface area contributed by atoms with Gasteiger partial charge in [-0.2, -0.15) is 0 Å². The van der Waals surface area contributed by atoms with Crippen LogP contribution >= 0.6 is 0 Å². The van der Waals surface area contributed by atoms with Gasteiger partial charge in [0.25, 0.3) is 0 Å². The Morgan fingerprint density at radius 1 is 1.33 bits per heavy atom. The Hall–Kier alpha value is -1.31. The predicted molar refractivity (Wildman–Crippen MR) is 48.1 cm³/mol. The van der Waals surface area contributed by atoms with Crippen LogP contribution in [0.5, 0.6) is 0 Å². The molecule has 2 heteroatoms. The van der Waals surface area contributed by atoms with Gasteiger partial charge in [-0.15, -0.1) is 0 Å². The lowest BCUT2D eigenvalue weighted by atomic mass is 10.2. The van der Waals surface area contributed by atoms with Crippen molar-refractivity contribution in [2.75, 3.05) is 6.61 Å². The molecule has 1 aromatic rings. The maximum Gasteiger partial charge on any atom is 0.216 e. The quantitative estimate of drug-likeness (QED) is 0.612. The van der Waals surface area contributed by atoms with E-state index in [2.05, 4.69) is 11.9 Å². The van der Waals surface area contributed by atoms with Gasteiger partial charge in [-0.3, -0.25) is 0 Å². The Morgan fingerprint density at radius 2 is 2.08 bits per heavy atom. The highest BCUT2D eigenvalue weighted by Gasteiger charge is 2.14. The van der Waals surface area contributed by atoms with E-state index in [1.54, 1.807) is 0 Å². The van der Waals surface area contributed by atoms with Crippen LogP contribution in [0.2, 0.25) is 0 Å². The molecule has 0 saturated heterocycles. The second kappa shape index (κ2) is 2.97. The van der Waals surface area contributed by atoms with Crippen molar-refractivity contribution in [3.63, 3.8) is 0 Å². The minimum atomic E-state index is 0.0557. The van der Waals surface area contributed by atoms with Crippen molar-refractivity contribution in [3.05, 3.63) is 42.8 Å². The molecule has 1 aromatic carbocycles. The Morgan fingerprint density at radius 3 is 2.67 bits per heavy atom. The first-order valence-corrected chi connectivity index (χ1v) is 3.95. The summed E-state index contributed by atoms with van der Waals surface area (Å²) in [4.78, 5) is 4.24. The van der Waals surface area contributed by atoms with E-state index in [9.17, 15) is 0 Å². The summed E-state index contributed by atoms with van der Waals surface area (Å²) in [5.74, 6) is 0.718. The highest BCUT2D eigenvalue weighted by atomic mass is 16.5. The Kier molecular flexibility index (Phi) is 1.82. The Labute approximate surface area is 71.9 Å². The SMILES string of the molecule is [CH2][C@H]1COC(c2ccccc2)=N1. The van der Waals surface area contributed by atoms with E-state index in [-0.39, 0.29) is 6.04 Å². The lowest BCUT2D eigenvalue weighted by molar-refractivity contribution is 0.331. The third-order valence-electron chi connectivity index (χ3n) is 1.73. The minimum Gasteiger partial charge on any atom is -0.475 e.